The smallest absolute Gasteiger partial charge is 0.416 e. The maximum Gasteiger partial charge on any atom is 0.416 e. The standard InChI is InChI=1S/C25H23F6NO3/c1-14-16(10-32-11-18(12-32)23(33)34)3-2-15-8-20(6-7-21(14)15)35-13-17-4-5-19(24(26,27)28)9-22(17)25(29,30)31/h4-9,18H,2-3,10-13H2,1H3,(H,33,34)/p-1. The molecular weight excluding hydrogens is 476 g/mol. The van der Waals surface area contributed by atoms with Crippen LogP contribution in [0, 0.1) is 5.92 Å². The van der Waals surface area contributed by atoms with E-state index in [-0.39, 0.29) is 11.6 Å². The van der Waals surface area contributed by atoms with E-state index < -0.39 is 42.0 Å². The fraction of sp³-hybridized carbons (Fsp3) is 0.400. The van der Waals surface area contributed by atoms with Gasteiger partial charge in [0.05, 0.1) is 11.1 Å². The molecule has 4 nitrogen and oxygen atoms in total. The number of rotatable bonds is 6. The van der Waals surface area contributed by atoms with Crippen molar-refractivity contribution in [2.45, 2.75) is 38.7 Å². The molecule has 0 N–H and O–H groups in total. The van der Waals surface area contributed by atoms with Gasteiger partial charge in [-0.3, -0.25) is 4.90 Å². The van der Waals surface area contributed by atoms with Crippen LogP contribution in [0.1, 0.15) is 41.2 Å². The third-order valence-electron chi connectivity index (χ3n) is 6.55. The lowest BCUT2D eigenvalue weighted by atomic mass is 9.85. The molecule has 1 aliphatic heterocycles. The molecule has 0 saturated carbocycles. The molecule has 1 heterocycles. The van der Waals surface area contributed by atoms with Crippen molar-refractivity contribution in [3.8, 4) is 5.75 Å². The molecule has 0 atom stereocenters. The number of hydrogen-bond acceptors (Lipinski definition) is 4. The first-order chi connectivity index (χ1) is 16.3. The van der Waals surface area contributed by atoms with Gasteiger partial charge in [-0.15, -0.1) is 0 Å². The number of ether oxygens (including phenoxy) is 1. The van der Waals surface area contributed by atoms with E-state index in [1.165, 1.54) is 5.57 Å². The van der Waals surface area contributed by atoms with Gasteiger partial charge in [0.25, 0.3) is 0 Å². The van der Waals surface area contributed by atoms with E-state index >= 15 is 0 Å². The highest BCUT2D eigenvalue weighted by Crippen LogP contribution is 2.38. The number of aliphatic carboxylic acids is 1. The van der Waals surface area contributed by atoms with Crippen LogP contribution in [0.4, 0.5) is 26.3 Å². The number of carboxylic acids is 1. The topological polar surface area (TPSA) is 52.6 Å². The van der Waals surface area contributed by atoms with Crippen LogP contribution in [-0.4, -0.2) is 30.5 Å². The second kappa shape index (κ2) is 9.22. The largest absolute Gasteiger partial charge is 0.550 e. The molecule has 188 valence electrons. The molecular formula is C25H22F6NO3-. The van der Waals surface area contributed by atoms with Gasteiger partial charge in [-0.25, -0.2) is 0 Å². The van der Waals surface area contributed by atoms with Gasteiger partial charge in [-0.05, 0) is 60.7 Å². The monoisotopic (exact) mass is 498 g/mol. The van der Waals surface area contributed by atoms with E-state index in [4.69, 9.17) is 4.74 Å². The Morgan fingerprint density at radius 3 is 2.37 bits per heavy atom. The number of nitrogens with zero attached hydrogens (tertiary/aromatic N) is 1. The van der Waals surface area contributed by atoms with E-state index in [9.17, 15) is 36.2 Å². The normalized spacial score (nSPS) is 17.2. The summed E-state index contributed by atoms with van der Waals surface area (Å²) in [5.74, 6) is -1.14. The number of carbonyl (C=O) groups is 1. The minimum Gasteiger partial charge on any atom is -0.550 e. The van der Waals surface area contributed by atoms with Gasteiger partial charge in [0.15, 0.2) is 0 Å². The Hall–Kier alpha value is -3.01. The first kappa shape index (κ1) is 25.1. The SMILES string of the molecule is CC1=C(CN2CC(C(=O)[O-])C2)CCc2cc(OCc3ccc(C(F)(F)F)cc3C(F)(F)F)ccc21. The second-order valence-electron chi connectivity index (χ2n) is 8.91. The summed E-state index contributed by atoms with van der Waals surface area (Å²) in [6.45, 7) is 3.04. The molecule has 2 aromatic rings. The van der Waals surface area contributed by atoms with Crippen LogP contribution in [0.5, 0.6) is 5.75 Å². The third-order valence-corrected chi connectivity index (χ3v) is 6.55. The average molecular weight is 498 g/mol. The molecule has 2 aromatic carbocycles. The number of carbonyl (C=O) groups excluding carboxylic acids is 1. The summed E-state index contributed by atoms with van der Waals surface area (Å²) >= 11 is 0. The number of halogens is 6. The van der Waals surface area contributed by atoms with Crippen molar-refractivity contribution in [1.82, 2.24) is 4.90 Å². The molecule has 0 spiro atoms. The lowest BCUT2D eigenvalue weighted by molar-refractivity contribution is -0.315. The molecule has 35 heavy (non-hydrogen) atoms. The van der Waals surface area contributed by atoms with Crippen molar-refractivity contribution in [2.24, 2.45) is 5.92 Å². The molecule has 2 aliphatic rings. The quantitative estimate of drug-likeness (QED) is 0.542. The Balaban J connectivity index is 1.47. The van der Waals surface area contributed by atoms with Crippen molar-refractivity contribution in [1.29, 1.82) is 0 Å². The predicted molar refractivity (Wildman–Crippen MR) is 113 cm³/mol. The second-order valence-corrected chi connectivity index (χ2v) is 8.91. The van der Waals surface area contributed by atoms with Crippen LogP contribution in [0.25, 0.3) is 5.57 Å². The molecule has 4 rings (SSSR count). The Morgan fingerprint density at radius 1 is 1.03 bits per heavy atom. The number of benzene rings is 2. The maximum atomic E-state index is 13.4. The molecule has 1 aliphatic carbocycles. The molecule has 0 unspecified atom stereocenters. The van der Waals surface area contributed by atoms with Gasteiger partial charge < -0.3 is 14.6 Å². The summed E-state index contributed by atoms with van der Waals surface area (Å²) in [7, 11) is 0. The van der Waals surface area contributed by atoms with E-state index in [1.54, 1.807) is 12.1 Å². The fourth-order valence-electron chi connectivity index (χ4n) is 4.52. The Kier molecular flexibility index (Phi) is 6.61. The van der Waals surface area contributed by atoms with E-state index in [1.807, 2.05) is 17.9 Å². The van der Waals surface area contributed by atoms with Crippen molar-refractivity contribution in [3.63, 3.8) is 0 Å². The lowest BCUT2D eigenvalue weighted by Crippen LogP contribution is -2.54. The van der Waals surface area contributed by atoms with Gasteiger partial charge >= 0.3 is 12.4 Å². The third kappa shape index (κ3) is 5.47. The average Bonchev–Trinajstić information content (AvgIpc) is 2.74. The minimum absolute atomic E-state index is 0.106. The van der Waals surface area contributed by atoms with Gasteiger partial charge in [-0.1, -0.05) is 17.7 Å². The van der Waals surface area contributed by atoms with Crippen LogP contribution in [-0.2, 0) is 30.2 Å². The van der Waals surface area contributed by atoms with Crippen LogP contribution < -0.4 is 9.84 Å². The number of likely N-dealkylation sites (tertiary alicyclic amines) is 1. The van der Waals surface area contributed by atoms with Gasteiger partial charge in [0, 0.05) is 37.1 Å². The first-order valence-corrected chi connectivity index (χ1v) is 11.0. The molecule has 1 fully saturated rings. The van der Waals surface area contributed by atoms with Crippen molar-refractivity contribution >= 4 is 11.5 Å². The van der Waals surface area contributed by atoms with Crippen molar-refractivity contribution in [3.05, 3.63) is 69.8 Å². The van der Waals surface area contributed by atoms with Crippen molar-refractivity contribution < 1.29 is 41.0 Å². The predicted octanol–water partition coefficient (Wildman–Crippen LogP) is 4.70. The Labute approximate surface area is 197 Å². The highest BCUT2D eigenvalue weighted by Gasteiger charge is 2.38. The molecule has 1 saturated heterocycles. The highest BCUT2D eigenvalue weighted by atomic mass is 19.4. The number of fused-ring (bicyclic) bond motifs is 1. The van der Waals surface area contributed by atoms with Gasteiger partial charge in [-0.2, -0.15) is 26.3 Å². The zero-order valence-corrected chi connectivity index (χ0v) is 18.7. The maximum absolute atomic E-state index is 13.4. The van der Waals surface area contributed by atoms with Gasteiger partial charge in [0.1, 0.15) is 12.4 Å². The summed E-state index contributed by atoms with van der Waals surface area (Å²) in [5, 5.41) is 10.9. The number of alkyl halides is 6. The van der Waals surface area contributed by atoms with E-state index in [0.29, 0.717) is 37.9 Å². The number of carboxylic acid groups (broad SMARTS) is 1. The van der Waals surface area contributed by atoms with Crippen LogP contribution in [0.3, 0.4) is 0 Å². The number of allylic oxidation sites excluding steroid dienone is 1. The fourth-order valence-corrected chi connectivity index (χ4v) is 4.52. The number of hydrogen-bond donors (Lipinski definition) is 0. The zero-order chi connectivity index (χ0) is 25.5. The molecule has 0 radical (unpaired) electrons. The minimum atomic E-state index is -4.95. The highest BCUT2D eigenvalue weighted by molar-refractivity contribution is 5.73. The molecule has 10 heteroatoms. The van der Waals surface area contributed by atoms with Crippen molar-refractivity contribution in [2.75, 3.05) is 19.6 Å². The van der Waals surface area contributed by atoms with E-state index in [2.05, 4.69) is 0 Å². The number of aryl methyl sites for hydroxylation is 1. The first-order valence-electron chi connectivity index (χ1n) is 11.0. The lowest BCUT2D eigenvalue weighted by Gasteiger charge is -2.41. The zero-order valence-electron chi connectivity index (χ0n) is 18.7. The van der Waals surface area contributed by atoms with Crippen LogP contribution in [0.2, 0.25) is 0 Å². The van der Waals surface area contributed by atoms with Crippen LogP contribution in [0.15, 0.2) is 42.0 Å². The van der Waals surface area contributed by atoms with E-state index in [0.717, 1.165) is 29.2 Å². The summed E-state index contributed by atoms with van der Waals surface area (Å²) in [6, 6.07) is 6.69. The summed E-state index contributed by atoms with van der Waals surface area (Å²) in [6.07, 6.45) is -8.39. The molecule has 0 aromatic heterocycles. The summed E-state index contributed by atoms with van der Waals surface area (Å²) < 4.78 is 84.2. The molecule has 0 bridgehead atoms. The van der Waals surface area contributed by atoms with Crippen LogP contribution >= 0.6 is 0 Å². The molecule has 0 amide bonds. The Morgan fingerprint density at radius 2 is 1.74 bits per heavy atom. The summed E-state index contributed by atoms with van der Waals surface area (Å²) in [4.78, 5) is 12.9. The Bertz CT molecular complexity index is 1160. The van der Waals surface area contributed by atoms with Gasteiger partial charge in [0.2, 0.25) is 0 Å². The summed E-state index contributed by atoms with van der Waals surface area (Å²) in [5.41, 5.74) is 1.09.